The molecule has 3 heterocycles. The van der Waals surface area contributed by atoms with Gasteiger partial charge in [-0.15, -0.1) is 0 Å². The molecular weight excluding hydrogens is 404 g/mol. The monoisotopic (exact) mass is 438 g/mol. The lowest BCUT2D eigenvalue weighted by molar-refractivity contribution is 0.0926. The Balaban J connectivity index is 0.000000384. The van der Waals surface area contributed by atoms with E-state index in [2.05, 4.69) is 27.9 Å². The fraction of sp³-hybridized carbons (Fsp3) is 0.542. The summed E-state index contributed by atoms with van der Waals surface area (Å²) in [5.74, 6) is 1.40. The summed E-state index contributed by atoms with van der Waals surface area (Å²) in [6.07, 6.45) is 8.27. The quantitative estimate of drug-likeness (QED) is 0.513. The number of aryl methyl sites for hydroxylation is 1. The molecule has 8 nitrogen and oxygen atoms in total. The Morgan fingerprint density at radius 3 is 2.47 bits per heavy atom. The van der Waals surface area contributed by atoms with Gasteiger partial charge in [-0.25, -0.2) is 9.67 Å². The molecule has 0 spiro atoms. The van der Waals surface area contributed by atoms with Gasteiger partial charge in [0, 0.05) is 51.2 Å². The van der Waals surface area contributed by atoms with E-state index < -0.39 is 0 Å². The lowest BCUT2D eigenvalue weighted by Crippen LogP contribution is -2.14. The summed E-state index contributed by atoms with van der Waals surface area (Å²) in [5, 5.41) is 21.3. The molecule has 1 aliphatic heterocycles. The van der Waals surface area contributed by atoms with E-state index in [1.165, 1.54) is 11.1 Å². The molecule has 0 radical (unpaired) electrons. The molecule has 3 rings (SSSR count). The van der Waals surface area contributed by atoms with Crippen molar-refractivity contribution in [1.29, 1.82) is 10.5 Å². The average Bonchev–Trinajstić information content (AvgIpc) is 3.47. The highest BCUT2D eigenvalue weighted by Gasteiger charge is 2.18. The third-order valence-electron chi connectivity index (χ3n) is 5.18. The van der Waals surface area contributed by atoms with Crippen LogP contribution in [0, 0.1) is 34.6 Å². The third kappa shape index (κ3) is 7.79. The van der Waals surface area contributed by atoms with Gasteiger partial charge in [0.05, 0.1) is 0 Å². The molecule has 1 saturated heterocycles. The van der Waals surface area contributed by atoms with Crippen molar-refractivity contribution in [3.8, 4) is 18.1 Å². The molecular formula is C24H34N6O2. The van der Waals surface area contributed by atoms with Crippen molar-refractivity contribution in [2.75, 3.05) is 27.3 Å². The highest BCUT2D eigenvalue weighted by atomic mass is 16.4. The van der Waals surface area contributed by atoms with Crippen molar-refractivity contribution in [3.05, 3.63) is 41.3 Å². The van der Waals surface area contributed by atoms with E-state index >= 15 is 0 Å². The first-order chi connectivity index (χ1) is 15.3. The van der Waals surface area contributed by atoms with E-state index in [1.807, 2.05) is 31.7 Å². The van der Waals surface area contributed by atoms with E-state index in [9.17, 15) is 4.79 Å². The number of ether oxygens (including phenoxy) is 1. The molecule has 2 aromatic heterocycles. The van der Waals surface area contributed by atoms with E-state index in [0.29, 0.717) is 17.1 Å². The zero-order valence-corrected chi connectivity index (χ0v) is 20.0. The number of nitrogens with zero attached hydrogens (tertiary/aromatic N) is 6. The summed E-state index contributed by atoms with van der Waals surface area (Å²) < 4.78 is 5.77. The number of hydrogen-bond acceptors (Lipinski definition) is 7. The van der Waals surface area contributed by atoms with Crippen molar-refractivity contribution in [2.45, 2.75) is 47.0 Å². The fourth-order valence-electron chi connectivity index (χ4n) is 3.10. The van der Waals surface area contributed by atoms with Crippen molar-refractivity contribution in [2.24, 2.45) is 11.8 Å². The maximum absolute atomic E-state index is 12.5. The number of hydrogen-bond donors (Lipinski definition) is 0. The smallest absolute Gasteiger partial charge is 0.179 e. The van der Waals surface area contributed by atoms with Gasteiger partial charge < -0.3 is 9.64 Å². The van der Waals surface area contributed by atoms with Crippen LogP contribution in [-0.2, 0) is 11.2 Å². The summed E-state index contributed by atoms with van der Waals surface area (Å²) in [4.78, 5) is 18.6. The molecule has 1 aliphatic rings. The van der Waals surface area contributed by atoms with Gasteiger partial charge >= 0.3 is 0 Å². The minimum atomic E-state index is -0.0159. The highest BCUT2D eigenvalue weighted by Crippen LogP contribution is 2.19. The molecule has 2 unspecified atom stereocenters. The number of ketones is 1. The molecule has 0 bridgehead atoms. The first kappa shape index (κ1) is 26.8. The van der Waals surface area contributed by atoms with Gasteiger partial charge in [0.25, 0.3) is 0 Å². The predicted octanol–water partition coefficient (Wildman–Crippen LogP) is 4.00. The summed E-state index contributed by atoms with van der Waals surface area (Å²) in [6.45, 7) is 10.1. The number of nitriles is 2. The average molecular weight is 439 g/mol. The van der Waals surface area contributed by atoms with Gasteiger partial charge in [-0.05, 0) is 42.9 Å². The Hall–Kier alpha value is -3.23. The molecule has 8 heteroatoms. The molecule has 1 fully saturated rings. The second kappa shape index (κ2) is 14.0. The number of rotatable bonds is 5. The van der Waals surface area contributed by atoms with Crippen LogP contribution in [0.2, 0.25) is 0 Å². The summed E-state index contributed by atoms with van der Waals surface area (Å²) >= 11 is 0. The Kier molecular flexibility index (Phi) is 11.7. The number of pyridine rings is 1. The number of carbonyl (C=O) groups is 1. The number of Topliss-reactive ketones (excluding diaryl/α,β-unsaturated/α-hetero) is 1. The molecule has 32 heavy (non-hydrogen) atoms. The molecule has 0 aliphatic carbocycles. The minimum absolute atomic E-state index is 0.0159. The van der Waals surface area contributed by atoms with Gasteiger partial charge in [0.1, 0.15) is 6.07 Å². The molecule has 0 N–H and O–H groups in total. The first-order valence-electron chi connectivity index (χ1n) is 10.9. The van der Waals surface area contributed by atoms with Crippen molar-refractivity contribution in [1.82, 2.24) is 19.7 Å². The maximum Gasteiger partial charge on any atom is 0.179 e. The van der Waals surface area contributed by atoms with E-state index in [-0.39, 0.29) is 11.7 Å². The maximum atomic E-state index is 12.5. The second-order valence-corrected chi connectivity index (χ2v) is 7.83. The van der Waals surface area contributed by atoms with Gasteiger partial charge in [0.2, 0.25) is 0 Å². The first-order valence-corrected chi connectivity index (χ1v) is 10.9. The van der Waals surface area contributed by atoms with Crippen LogP contribution >= 0.6 is 0 Å². The number of aromatic nitrogens is 3. The van der Waals surface area contributed by atoms with Crippen LogP contribution in [-0.4, -0.2) is 52.8 Å². The minimum Gasteiger partial charge on any atom is -0.388 e. The Bertz CT molecular complexity index is 941. The normalized spacial score (nSPS) is 15.4. The van der Waals surface area contributed by atoms with Crippen molar-refractivity contribution < 1.29 is 9.53 Å². The van der Waals surface area contributed by atoms with Crippen LogP contribution in [0.25, 0.3) is 5.82 Å². The Morgan fingerprint density at radius 1 is 1.34 bits per heavy atom. The van der Waals surface area contributed by atoms with Gasteiger partial charge in [0.15, 0.2) is 23.5 Å². The van der Waals surface area contributed by atoms with Crippen molar-refractivity contribution >= 4 is 5.78 Å². The number of methoxy groups -OCH3 is 1. The molecule has 2 aromatic rings. The zero-order valence-electron chi connectivity index (χ0n) is 20.0. The summed E-state index contributed by atoms with van der Waals surface area (Å²) in [6, 6.07) is 5.36. The van der Waals surface area contributed by atoms with Crippen LogP contribution in [0.5, 0.6) is 0 Å². The lowest BCUT2D eigenvalue weighted by Gasteiger charge is -2.12. The predicted molar refractivity (Wildman–Crippen MR) is 123 cm³/mol. The number of likely N-dealkylation sites (tertiary alicyclic amines) is 1. The topological polar surface area (TPSA) is 108 Å². The largest absolute Gasteiger partial charge is 0.388 e. The van der Waals surface area contributed by atoms with Crippen LogP contribution in [0.4, 0.5) is 0 Å². The fourth-order valence-corrected chi connectivity index (χ4v) is 3.10. The molecule has 0 saturated carbocycles. The highest BCUT2D eigenvalue weighted by molar-refractivity contribution is 5.99. The van der Waals surface area contributed by atoms with Gasteiger partial charge in [-0.2, -0.15) is 15.6 Å². The van der Waals surface area contributed by atoms with Gasteiger partial charge in [-0.1, -0.05) is 27.7 Å². The Labute approximate surface area is 191 Å². The Morgan fingerprint density at radius 2 is 2.03 bits per heavy atom. The standard InChI is InChI=1S/C16H18N4O.C6H10N2.C2H6O/c1-4-11(3)16(21)14-8-15(18-10-12(14)5-2)20-7-6-13(9-17)19-20;1-6-2-3-8(4-6)5-7;1-3-2/h6-8,10-11H,4-5H2,1-3H3;6H,2-4H2,1H3;1-2H3. The molecule has 2 atom stereocenters. The van der Waals surface area contributed by atoms with Crippen LogP contribution < -0.4 is 0 Å². The van der Waals surface area contributed by atoms with Crippen LogP contribution in [0.15, 0.2) is 24.5 Å². The van der Waals surface area contributed by atoms with E-state index in [4.69, 9.17) is 10.5 Å². The lowest BCUT2D eigenvalue weighted by atomic mass is 9.94. The van der Waals surface area contributed by atoms with E-state index in [0.717, 1.165) is 37.4 Å². The summed E-state index contributed by atoms with van der Waals surface area (Å²) in [7, 11) is 3.25. The van der Waals surface area contributed by atoms with Crippen LogP contribution in [0.3, 0.4) is 0 Å². The SMILES string of the molecule is CC1CCN(C#N)C1.CCc1cnc(-n2ccc(C#N)n2)cc1C(=O)C(C)CC.COC. The van der Waals surface area contributed by atoms with Crippen molar-refractivity contribution in [3.63, 3.8) is 0 Å². The molecule has 0 amide bonds. The summed E-state index contributed by atoms with van der Waals surface area (Å²) in [5.41, 5.74) is 1.97. The van der Waals surface area contributed by atoms with Crippen LogP contribution in [0.1, 0.15) is 62.2 Å². The van der Waals surface area contributed by atoms with E-state index in [1.54, 1.807) is 38.7 Å². The molecule has 172 valence electrons. The zero-order chi connectivity index (χ0) is 24.1. The van der Waals surface area contributed by atoms with Gasteiger partial charge in [-0.3, -0.25) is 4.79 Å². The second-order valence-electron chi connectivity index (χ2n) is 7.83. The third-order valence-corrected chi connectivity index (χ3v) is 5.18. The number of carbonyl (C=O) groups excluding carboxylic acids is 1. The molecule has 0 aromatic carbocycles.